The van der Waals surface area contributed by atoms with Gasteiger partial charge in [-0.1, -0.05) is 0 Å². The smallest absolute Gasteiger partial charge is 0.398 e. The fourth-order valence-corrected chi connectivity index (χ4v) is 1.67. The van der Waals surface area contributed by atoms with E-state index in [0.29, 0.717) is 11.3 Å². The number of nitrogen functional groups attached to an aromatic ring is 1. The average molecular weight is 277 g/mol. The number of nitrogens with one attached hydrogen (secondary N) is 1. The molecule has 0 spiro atoms. The summed E-state index contributed by atoms with van der Waals surface area (Å²) in [6, 6.07) is 12.0. The third kappa shape index (κ3) is 3.01. The molecule has 3 N–H and O–H groups in total. The molecule has 3 nitrogen and oxygen atoms in total. The Morgan fingerprint density at radius 1 is 1.00 bits per heavy atom. The minimum Gasteiger partial charge on any atom is -0.398 e. The second-order valence-electron chi connectivity index (χ2n) is 4.11. The zero-order valence-corrected chi connectivity index (χ0v) is 10.2. The minimum absolute atomic E-state index is 0.274. The van der Waals surface area contributed by atoms with Crippen molar-refractivity contribution in [2.75, 3.05) is 11.1 Å². The standard InChI is InChI=1S/C14H10F3N3/c15-14(16,17)12-7-11(5-6-13(12)19)20-10-3-1-9(8-18)2-4-10/h1-7,20H,19H2. The quantitative estimate of drug-likeness (QED) is 0.818. The molecule has 20 heavy (non-hydrogen) atoms. The number of hydrogen-bond acceptors (Lipinski definition) is 3. The van der Waals surface area contributed by atoms with Crippen LogP contribution in [0.25, 0.3) is 0 Å². The predicted octanol–water partition coefficient (Wildman–Crippen LogP) is 3.90. The second kappa shape index (κ2) is 5.13. The summed E-state index contributed by atoms with van der Waals surface area (Å²) in [5.41, 5.74) is 5.46. The Morgan fingerprint density at radius 3 is 2.15 bits per heavy atom. The number of anilines is 3. The Bertz CT molecular complexity index is 655. The number of alkyl halides is 3. The molecule has 2 aromatic carbocycles. The first-order chi connectivity index (χ1) is 9.40. The number of nitrogens with zero attached hydrogens (tertiary/aromatic N) is 1. The van der Waals surface area contributed by atoms with Crippen molar-refractivity contribution in [2.45, 2.75) is 6.18 Å². The van der Waals surface area contributed by atoms with Crippen molar-refractivity contribution in [2.24, 2.45) is 0 Å². The molecular formula is C14H10F3N3. The fraction of sp³-hybridized carbons (Fsp3) is 0.0714. The number of rotatable bonds is 2. The second-order valence-corrected chi connectivity index (χ2v) is 4.11. The van der Waals surface area contributed by atoms with Gasteiger partial charge in [-0.15, -0.1) is 0 Å². The average Bonchev–Trinajstić information content (AvgIpc) is 2.40. The first-order valence-corrected chi connectivity index (χ1v) is 5.64. The summed E-state index contributed by atoms with van der Waals surface area (Å²) in [5.74, 6) is 0. The molecule has 0 fully saturated rings. The highest BCUT2D eigenvalue weighted by Crippen LogP contribution is 2.35. The van der Waals surface area contributed by atoms with Crippen molar-refractivity contribution in [3.63, 3.8) is 0 Å². The van der Waals surface area contributed by atoms with Crippen molar-refractivity contribution in [3.8, 4) is 6.07 Å². The van der Waals surface area contributed by atoms with E-state index < -0.39 is 11.7 Å². The van der Waals surface area contributed by atoms with Crippen molar-refractivity contribution >= 4 is 17.1 Å². The maximum absolute atomic E-state index is 12.7. The van der Waals surface area contributed by atoms with Crippen molar-refractivity contribution < 1.29 is 13.2 Å². The van der Waals surface area contributed by atoms with Gasteiger partial charge in [0.1, 0.15) is 0 Å². The molecule has 0 atom stereocenters. The molecule has 0 saturated carbocycles. The molecule has 0 aromatic heterocycles. The van der Waals surface area contributed by atoms with Crippen LogP contribution in [0, 0.1) is 11.3 Å². The van der Waals surface area contributed by atoms with Crippen LogP contribution in [0.5, 0.6) is 0 Å². The Kier molecular flexibility index (Phi) is 3.53. The van der Waals surface area contributed by atoms with E-state index in [1.54, 1.807) is 24.3 Å². The van der Waals surface area contributed by atoms with Crippen LogP contribution in [0.3, 0.4) is 0 Å². The summed E-state index contributed by atoms with van der Waals surface area (Å²) < 4.78 is 38.2. The Balaban J connectivity index is 2.28. The Labute approximate surface area is 113 Å². The van der Waals surface area contributed by atoms with Crippen LogP contribution in [0.4, 0.5) is 30.2 Å². The summed E-state index contributed by atoms with van der Waals surface area (Å²) in [4.78, 5) is 0. The van der Waals surface area contributed by atoms with Crippen LogP contribution in [0.1, 0.15) is 11.1 Å². The highest BCUT2D eigenvalue weighted by molar-refractivity contribution is 5.65. The minimum atomic E-state index is -4.49. The molecule has 0 bridgehead atoms. The highest BCUT2D eigenvalue weighted by atomic mass is 19.4. The van der Waals surface area contributed by atoms with Crippen LogP contribution in [-0.2, 0) is 6.18 Å². The molecule has 0 amide bonds. The lowest BCUT2D eigenvalue weighted by atomic mass is 10.1. The van der Waals surface area contributed by atoms with Gasteiger partial charge in [0.15, 0.2) is 0 Å². The molecule has 2 rings (SSSR count). The van der Waals surface area contributed by atoms with Crippen molar-refractivity contribution in [1.82, 2.24) is 0 Å². The summed E-state index contributed by atoms with van der Waals surface area (Å²) in [5, 5.41) is 11.5. The van der Waals surface area contributed by atoms with Gasteiger partial charge < -0.3 is 11.1 Å². The Morgan fingerprint density at radius 2 is 1.60 bits per heavy atom. The summed E-state index contributed by atoms with van der Waals surface area (Å²) in [6.07, 6.45) is -4.49. The van der Waals surface area contributed by atoms with E-state index >= 15 is 0 Å². The fourth-order valence-electron chi connectivity index (χ4n) is 1.67. The third-order valence-electron chi connectivity index (χ3n) is 2.66. The van der Waals surface area contributed by atoms with E-state index in [1.165, 1.54) is 12.1 Å². The first kappa shape index (κ1) is 13.7. The first-order valence-electron chi connectivity index (χ1n) is 5.64. The molecule has 6 heteroatoms. The molecular weight excluding hydrogens is 267 g/mol. The van der Waals surface area contributed by atoms with Gasteiger partial charge in [0, 0.05) is 17.1 Å². The maximum atomic E-state index is 12.7. The normalized spacial score (nSPS) is 10.9. The van der Waals surface area contributed by atoms with Gasteiger partial charge in [-0.3, -0.25) is 0 Å². The van der Waals surface area contributed by atoms with Gasteiger partial charge in [0.05, 0.1) is 17.2 Å². The van der Waals surface area contributed by atoms with E-state index in [-0.39, 0.29) is 11.4 Å². The molecule has 2 aromatic rings. The summed E-state index contributed by atoms with van der Waals surface area (Å²) in [6.45, 7) is 0. The number of nitriles is 1. The van der Waals surface area contributed by atoms with E-state index in [4.69, 9.17) is 11.0 Å². The molecule has 0 aliphatic carbocycles. The highest BCUT2D eigenvalue weighted by Gasteiger charge is 2.33. The van der Waals surface area contributed by atoms with E-state index in [2.05, 4.69) is 5.32 Å². The van der Waals surface area contributed by atoms with Crippen LogP contribution >= 0.6 is 0 Å². The Hall–Kier alpha value is -2.68. The SMILES string of the molecule is N#Cc1ccc(Nc2ccc(N)c(C(F)(F)F)c2)cc1. The molecule has 102 valence electrons. The zero-order valence-electron chi connectivity index (χ0n) is 10.2. The largest absolute Gasteiger partial charge is 0.418 e. The number of nitrogens with two attached hydrogens (primary N) is 1. The molecule has 0 heterocycles. The van der Waals surface area contributed by atoms with E-state index in [1.807, 2.05) is 6.07 Å². The predicted molar refractivity (Wildman–Crippen MR) is 70.3 cm³/mol. The number of benzene rings is 2. The van der Waals surface area contributed by atoms with Gasteiger partial charge in [-0.25, -0.2) is 0 Å². The van der Waals surface area contributed by atoms with Gasteiger partial charge in [0.2, 0.25) is 0 Å². The maximum Gasteiger partial charge on any atom is 0.418 e. The van der Waals surface area contributed by atoms with Gasteiger partial charge in [-0.05, 0) is 42.5 Å². The van der Waals surface area contributed by atoms with Crippen molar-refractivity contribution in [1.29, 1.82) is 5.26 Å². The monoisotopic (exact) mass is 277 g/mol. The van der Waals surface area contributed by atoms with E-state index in [9.17, 15) is 13.2 Å². The lowest BCUT2D eigenvalue weighted by molar-refractivity contribution is -0.136. The molecule has 0 aliphatic heterocycles. The number of halogens is 3. The number of hydrogen-bond donors (Lipinski definition) is 2. The summed E-state index contributed by atoms with van der Waals surface area (Å²) in [7, 11) is 0. The van der Waals surface area contributed by atoms with Gasteiger partial charge >= 0.3 is 6.18 Å². The van der Waals surface area contributed by atoms with Crippen LogP contribution in [-0.4, -0.2) is 0 Å². The van der Waals surface area contributed by atoms with Gasteiger partial charge in [-0.2, -0.15) is 18.4 Å². The third-order valence-corrected chi connectivity index (χ3v) is 2.66. The molecule has 0 radical (unpaired) electrons. The van der Waals surface area contributed by atoms with Crippen LogP contribution in [0.15, 0.2) is 42.5 Å². The molecule has 0 aliphatic rings. The lowest BCUT2D eigenvalue weighted by Gasteiger charge is -2.13. The summed E-state index contributed by atoms with van der Waals surface area (Å²) >= 11 is 0. The van der Waals surface area contributed by atoms with Crippen molar-refractivity contribution in [3.05, 3.63) is 53.6 Å². The van der Waals surface area contributed by atoms with Gasteiger partial charge in [0.25, 0.3) is 0 Å². The van der Waals surface area contributed by atoms with Crippen LogP contribution in [0.2, 0.25) is 0 Å². The van der Waals surface area contributed by atoms with E-state index in [0.717, 1.165) is 6.07 Å². The molecule has 0 saturated heterocycles. The lowest BCUT2D eigenvalue weighted by Crippen LogP contribution is -2.09. The molecule has 0 unspecified atom stereocenters. The zero-order chi connectivity index (χ0) is 14.8. The van der Waals surface area contributed by atoms with Crippen LogP contribution < -0.4 is 11.1 Å². The topological polar surface area (TPSA) is 61.8 Å².